The first kappa shape index (κ1) is 15.4. The normalized spacial score (nSPS) is 9.79. The first-order valence-corrected chi connectivity index (χ1v) is 6.30. The number of benzene rings is 1. The third kappa shape index (κ3) is 5.67. The Kier molecular flexibility index (Phi) is 6.84. The summed E-state index contributed by atoms with van der Waals surface area (Å²) in [5.41, 5.74) is 0.500. The molecule has 6 heteroatoms. The van der Waals surface area contributed by atoms with Gasteiger partial charge in [-0.2, -0.15) is 0 Å². The molecule has 0 saturated carbocycles. The molecule has 0 atom stereocenters. The molecule has 0 radical (unpaired) electrons. The first-order valence-electron chi connectivity index (χ1n) is 5.89. The van der Waals surface area contributed by atoms with E-state index in [1.807, 2.05) is 0 Å². The van der Waals surface area contributed by atoms with E-state index in [0.717, 1.165) is 6.42 Å². The van der Waals surface area contributed by atoms with Crippen LogP contribution in [0.4, 0.5) is 0 Å². The van der Waals surface area contributed by atoms with E-state index in [2.05, 4.69) is 10.6 Å². The van der Waals surface area contributed by atoms with E-state index in [1.165, 1.54) is 0 Å². The number of thiocarbonyl (C=S) groups is 1. The maximum absolute atomic E-state index is 11.9. The molecule has 0 bridgehead atoms. The van der Waals surface area contributed by atoms with Crippen LogP contribution in [0, 0.1) is 0 Å². The molecule has 0 aliphatic rings. The van der Waals surface area contributed by atoms with Gasteiger partial charge < -0.3 is 14.8 Å². The molecule has 0 spiro atoms. The summed E-state index contributed by atoms with van der Waals surface area (Å²) in [5, 5.41) is 5.85. The third-order valence-electron chi connectivity index (χ3n) is 2.37. The molecule has 0 aliphatic carbocycles. The third-order valence-corrected chi connectivity index (χ3v) is 2.62. The number of carbonyl (C=O) groups excluding carboxylic acids is 1. The molecular formula is C13H18N2O3S. The second kappa shape index (κ2) is 8.44. The van der Waals surface area contributed by atoms with Gasteiger partial charge in [-0.25, -0.2) is 0 Å². The Hall–Kier alpha value is -1.66. The fourth-order valence-electron chi connectivity index (χ4n) is 1.40. The van der Waals surface area contributed by atoms with Crippen molar-refractivity contribution in [1.82, 2.24) is 10.6 Å². The Morgan fingerprint density at radius 2 is 2.16 bits per heavy atom. The molecule has 0 heterocycles. The van der Waals surface area contributed by atoms with Crippen molar-refractivity contribution in [1.29, 1.82) is 0 Å². The summed E-state index contributed by atoms with van der Waals surface area (Å²) in [6, 6.07) is 6.88. The lowest BCUT2D eigenvalue weighted by Gasteiger charge is -2.09. The number of hydrogen-bond acceptors (Lipinski definition) is 4. The van der Waals surface area contributed by atoms with E-state index in [9.17, 15) is 4.79 Å². The largest absolute Gasteiger partial charge is 0.497 e. The predicted molar refractivity (Wildman–Crippen MR) is 77.6 cm³/mol. The summed E-state index contributed by atoms with van der Waals surface area (Å²) in [7, 11) is 3.20. The lowest BCUT2D eigenvalue weighted by atomic mass is 10.2. The maximum Gasteiger partial charge on any atom is 0.257 e. The highest BCUT2D eigenvalue weighted by molar-refractivity contribution is 7.80. The second-order valence-electron chi connectivity index (χ2n) is 3.79. The molecule has 0 fully saturated rings. The quantitative estimate of drug-likeness (QED) is 0.609. The topological polar surface area (TPSA) is 59.6 Å². The number of ether oxygens (including phenoxy) is 2. The molecule has 19 heavy (non-hydrogen) atoms. The van der Waals surface area contributed by atoms with Gasteiger partial charge in [-0.3, -0.25) is 10.1 Å². The van der Waals surface area contributed by atoms with Crippen LogP contribution in [0.5, 0.6) is 5.75 Å². The fourth-order valence-corrected chi connectivity index (χ4v) is 1.60. The lowest BCUT2D eigenvalue weighted by molar-refractivity contribution is 0.0976. The highest BCUT2D eigenvalue weighted by atomic mass is 32.1. The number of amides is 1. The number of methoxy groups -OCH3 is 2. The molecule has 104 valence electrons. The van der Waals surface area contributed by atoms with Crippen molar-refractivity contribution >= 4 is 23.2 Å². The average molecular weight is 282 g/mol. The van der Waals surface area contributed by atoms with E-state index in [-0.39, 0.29) is 5.91 Å². The molecule has 5 nitrogen and oxygen atoms in total. The molecule has 0 aliphatic heterocycles. The monoisotopic (exact) mass is 282 g/mol. The van der Waals surface area contributed by atoms with Gasteiger partial charge in [0.25, 0.3) is 5.91 Å². The van der Waals surface area contributed by atoms with Crippen LogP contribution in [0.3, 0.4) is 0 Å². The van der Waals surface area contributed by atoms with Crippen molar-refractivity contribution in [2.45, 2.75) is 6.42 Å². The Labute approximate surface area is 118 Å². The van der Waals surface area contributed by atoms with E-state index in [1.54, 1.807) is 38.5 Å². The molecule has 0 aromatic heterocycles. The fraction of sp³-hybridized carbons (Fsp3) is 0.385. The Balaban J connectivity index is 2.43. The van der Waals surface area contributed by atoms with Crippen LogP contribution < -0.4 is 15.4 Å². The van der Waals surface area contributed by atoms with Gasteiger partial charge in [0.1, 0.15) is 5.75 Å². The molecule has 1 aromatic rings. The van der Waals surface area contributed by atoms with Crippen molar-refractivity contribution in [3.63, 3.8) is 0 Å². The minimum atomic E-state index is -0.261. The Bertz CT molecular complexity index is 438. The van der Waals surface area contributed by atoms with Crippen LogP contribution in [0.25, 0.3) is 0 Å². The van der Waals surface area contributed by atoms with Crippen molar-refractivity contribution in [2.24, 2.45) is 0 Å². The summed E-state index contributed by atoms with van der Waals surface area (Å²) in [4.78, 5) is 11.9. The van der Waals surface area contributed by atoms with Crippen molar-refractivity contribution < 1.29 is 14.3 Å². The highest BCUT2D eigenvalue weighted by Crippen LogP contribution is 2.12. The summed E-state index contributed by atoms with van der Waals surface area (Å²) >= 11 is 5.03. The van der Waals surface area contributed by atoms with E-state index < -0.39 is 0 Å². The first-order chi connectivity index (χ1) is 9.17. The van der Waals surface area contributed by atoms with E-state index in [4.69, 9.17) is 21.7 Å². The number of hydrogen-bond donors (Lipinski definition) is 2. The van der Waals surface area contributed by atoms with E-state index >= 15 is 0 Å². The van der Waals surface area contributed by atoms with Crippen LogP contribution in [0.2, 0.25) is 0 Å². The van der Waals surface area contributed by atoms with Gasteiger partial charge in [-0.15, -0.1) is 0 Å². The minimum Gasteiger partial charge on any atom is -0.497 e. The summed E-state index contributed by atoms with van der Waals surface area (Å²) < 4.78 is 9.97. The molecule has 0 saturated heterocycles. The minimum absolute atomic E-state index is 0.261. The van der Waals surface area contributed by atoms with Gasteiger partial charge in [0, 0.05) is 25.8 Å². The maximum atomic E-state index is 11.9. The smallest absolute Gasteiger partial charge is 0.257 e. The molecule has 0 unspecified atom stereocenters. The van der Waals surface area contributed by atoms with Crippen LogP contribution in [-0.2, 0) is 4.74 Å². The molecule has 1 amide bonds. The van der Waals surface area contributed by atoms with Crippen LogP contribution in [0.1, 0.15) is 16.8 Å². The Morgan fingerprint density at radius 1 is 1.37 bits per heavy atom. The van der Waals surface area contributed by atoms with Crippen LogP contribution in [0.15, 0.2) is 24.3 Å². The summed E-state index contributed by atoms with van der Waals surface area (Å²) in [6.45, 7) is 1.31. The molecule has 1 aromatic carbocycles. The zero-order valence-electron chi connectivity index (χ0n) is 11.1. The molecular weight excluding hydrogens is 264 g/mol. The second-order valence-corrected chi connectivity index (χ2v) is 4.20. The molecule has 1 rings (SSSR count). The SMILES string of the molecule is COCCCNC(=S)NC(=O)c1cccc(OC)c1. The standard InChI is InChI=1S/C13H18N2O3S/c1-17-8-4-7-14-13(19)15-12(16)10-5-3-6-11(9-10)18-2/h3,5-6,9H,4,7-8H2,1-2H3,(H2,14,15,16,19). The lowest BCUT2D eigenvalue weighted by Crippen LogP contribution is -2.39. The average Bonchev–Trinajstić information content (AvgIpc) is 2.43. The van der Waals surface area contributed by atoms with Crippen LogP contribution >= 0.6 is 12.2 Å². The van der Waals surface area contributed by atoms with Crippen molar-refractivity contribution in [3.8, 4) is 5.75 Å². The number of nitrogens with one attached hydrogen (secondary N) is 2. The van der Waals surface area contributed by atoms with Crippen molar-refractivity contribution in [3.05, 3.63) is 29.8 Å². The Morgan fingerprint density at radius 3 is 2.84 bits per heavy atom. The summed E-state index contributed by atoms with van der Waals surface area (Å²) in [6.07, 6.45) is 0.825. The number of carbonyl (C=O) groups is 1. The van der Waals surface area contributed by atoms with Crippen LogP contribution in [-0.4, -0.2) is 38.4 Å². The zero-order chi connectivity index (χ0) is 14.1. The predicted octanol–water partition coefficient (Wildman–Crippen LogP) is 1.34. The van der Waals surface area contributed by atoms with Gasteiger partial charge in [0.2, 0.25) is 0 Å². The van der Waals surface area contributed by atoms with Gasteiger partial charge in [0.05, 0.1) is 7.11 Å². The van der Waals surface area contributed by atoms with Gasteiger partial charge in [-0.1, -0.05) is 6.07 Å². The van der Waals surface area contributed by atoms with Gasteiger partial charge in [-0.05, 0) is 36.8 Å². The van der Waals surface area contributed by atoms with Gasteiger partial charge >= 0.3 is 0 Å². The van der Waals surface area contributed by atoms with Gasteiger partial charge in [0.15, 0.2) is 5.11 Å². The zero-order valence-corrected chi connectivity index (χ0v) is 11.9. The van der Waals surface area contributed by atoms with E-state index in [0.29, 0.717) is 29.6 Å². The summed E-state index contributed by atoms with van der Waals surface area (Å²) in [5.74, 6) is 0.370. The highest BCUT2D eigenvalue weighted by Gasteiger charge is 2.08. The molecule has 2 N–H and O–H groups in total. The van der Waals surface area contributed by atoms with Crippen molar-refractivity contribution in [2.75, 3.05) is 27.4 Å². The number of rotatable bonds is 6.